The molecule has 1 saturated heterocycles. The number of anilines is 1. The fourth-order valence-electron chi connectivity index (χ4n) is 2.54. The van der Waals surface area contributed by atoms with Crippen LogP contribution in [0.25, 0.3) is 0 Å². The lowest BCUT2D eigenvalue weighted by Gasteiger charge is -2.33. The minimum atomic E-state index is -0.208. The number of amides is 2. The van der Waals surface area contributed by atoms with Gasteiger partial charge in [0.15, 0.2) is 5.82 Å². The van der Waals surface area contributed by atoms with E-state index >= 15 is 0 Å². The molecular weight excluding hydrogens is 326 g/mol. The van der Waals surface area contributed by atoms with E-state index in [1.54, 1.807) is 42.9 Å². The molecule has 134 valence electrons. The molecular formula is C16H21N5O4. The summed E-state index contributed by atoms with van der Waals surface area (Å²) in [6.45, 7) is 2.24. The molecule has 0 aromatic carbocycles. The van der Waals surface area contributed by atoms with Gasteiger partial charge in [-0.25, -0.2) is 9.78 Å². The molecule has 2 amide bonds. The third-order valence-electron chi connectivity index (χ3n) is 3.96. The lowest BCUT2D eigenvalue weighted by atomic mass is 10.2. The van der Waals surface area contributed by atoms with Gasteiger partial charge in [0.1, 0.15) is 0 Å². The molecule has 0 saturated carbocycles. The first kappa shape index (κ1) is 17.0. The van der Waals surface area contributed by atoms with Gasteiger partial charge in [0, 0.05) is 44.6 Å². The van der Waals surface area contributed by atoms with Crippen molar-refractivity contribution in [2.45, 2.75) is 12.6 Å². The second kappa shape index (κ2) is 7.84. The molecule has 0 radical (unpaired) electrons. The molecule has 1 aliphatic rings. The number of hydrogen-bond acceptors (Lipinski definition) is 6. The Morgan fingerprint density at radius 1 is 1.48 bits per heavy atom. The van der Waals surface area contributed by atoms with Crippen LogP contribution < -0.4 is 16.2 Å². The lowest BCUT2D eigenvalue weighted by Crippen LogP contribution is -2.51. The van der Waals surface area contributed by atoms with E-state index in [4.69, 9.17) is 9.15 Å². The van der Waals surface area contributed by atoms with Crippen LogP contribution in [-0.2, 0) is 18.3 Å². The van der Waals surface area contributed by atoms with Gasteiger partial charge in [-0.15, -0.1) is 0 Å². The predicted octanol–water partition coefficient (Wildman–Crippen LogP) is 0.396. The van der Waals surface area contributed by atoms with Crippen molar-refractivity contribution in [3.8, 4) is 0 Å². The van der Waals surface area contributed by atoms with E-state index < -0.39 is 0 Å². The van der Waals surface area contributed by atoms with Crippen molar-refractivity contribution in [1.82, 2.24) is 19.8 Å². The molecule has 9 heteroatoms. The zero-order valence-electron chi connectivity index (χ0n) is 14.0. The van der Waals surface area contributed by atoms with Gasteiger partial charge in [-0.2, -0.15) is 0 Å². The van der Waals surface area contributed by atoms with E-state index in [0.29, 0.717) is 32.8 Å². The second-order valence-corrected chi connectivity index (χ2v) is 5.80. The van der Waals surface area contributed by atoms with Crippen LogP contribution in [-0.4, -0.2) is 52.8 Å². The summed E-state index contributed by atoms with van der Waals surface area (Å²) in [6.07, 6.45) is 6.11. The largest absolute Gasteiger partial charge is 0.472 e. The van der Waals surface area contributed by atoms with E-state index in [-0.39, 0.29) is 23.5 Å². The molecule has 1 unspecified atom stereocenters. The monoisotopic (exact) mass is 347 g/mol. The van der Waals surface area contributed by atoms with Gasteiger partial charge in [-0.3, -0.25) is 4.79 Å². The summed E-state index contributed by atoms with van der Waals surface area (Å²) in [5.41, 5.74) is 0.707. The summed E-state index contributed by atoms with van der Waals surface area (Å²) in [7, 11) is 1.67. The third kappa shape index (κ3) is 4.38. The van der Waals surface area contributed by atoms with Gasteiger partial charge in [0.2, 0.25) is 0 Å². The molecule has 3 rings (SSSR count). The highest BCUT2D eigenvalue weighted by atomic mass is 16.5. The van der Waals surface area contributed by atoms with Crippen LogP contribution >= 0.6 is 0 Å². The molecule has 2 N–H and O–H groups in total. The van der Waals surface area contributed by atoms with E-state index in [2.05, 4.69) is 15.6 Å². The van der Waals surface area contributed by atoms with Crippen LogP contribution in [0.4, 0.5) is 10.6 Å². The van der Waals surface area contributed by atoms with Crippen LogP contribution in [0, 0.1) is 0 Å². The smallest absolute Gasteiger partial charge is 0.317 e. The number of nitrogens with one attached hydrogen (secondary N) is 2. The first-order valence-corrected chi connectivity index (χ1v) is 8.04. The number of morpholine rings is 1. The standard InChI is InChI=1S/C16H21N5O4/c1-20-4-3-17-14(15(20)22)18-9-13-10-21(5-7-25-13)16(23)19-8-12-2-6-24-11-12/h2-4,6,11,13H,5,7-10H2,1H3,(H,17,18)(H,19,23). The van der Waals surface area contributed by atoms with E-state index in [1.807, 2.05) is 0 Å². The van der Waals surface area contributed by atoms with Crippen molar-refractivity contribution < 1.29 is 13.9 Å². The number of rotatable bonds is 5. The van der Waals surface area contributed by atoms with Gasteiger partial charge in [0.25, 0.3) is 5.56 Å². The third-order valence-corrected chi connectivity index (χ3v) is 3.96. The Morgan fingerprint density at radius 3 is 3.16 bits per heavy atom. The number of aromatic nitrogens is 2. The van der Waals surface area contributed by atoms with Crippen molar-refractivity contribution >= 4 is 11.8 Å². The molecule has 25 heavy (non-hydrogen) atoms. The summed E-state index contributed by atoms with van der Waals surface area (Å²) in [4.78, 5) is 29.9. The second-order valence-electron chi connectivity index (χ2n) is 5.80. The molecule has 2 aromatic heterocycles. The zero-order valence-corrected chi connectivity index (χ0v) is 14.0. The first-order chi connectivity index (χ1) is 12.1. The molecule has 0 aliphatic carbocycles. The first-order valence-electron chi connectivity index (χ1n) is 8.04. The van der Waals surface area contributed by atoms with Gasteiger partial charge in [-0.1, -0.05) is 0 Å². The van der Waals surface area contributed by atoms with Crippen LogP contribution in [0.2, 0.25) is 0 Å². The summed E-state index contributed by atoms with van der Waals surface area (Å²) < 4.78 is 12.1. The number of ether oxygens (including phenoxy) is 1. The number of carbonyl (C=O) groups excluding carboxylic acids is 1. The molecule has 2 aromatic rings. The number of aryl methyl sites for hydroxylation is 1. The van der Waals surface area contributed by atoms with Gasteiger partial charge in [-0.05, 0) is 6.07 Å². The molecule has 0 bridgehead atoms. The average Bonchev–Trinajstić information content (AvgIpc) is 3.15. The van der Waals surface area contributed by atoms with E-state index in [0.717, 1.165) is 5.56 Å². The number of hydrogen-bond donors (Lipinski definition) is 2. The van der Waals surface area contributed by atoms with E-state index in [1.165, 1.54) is 4.57 Å². The fourth-order valence-corrected chi connectivity index (χ4v) is 2.54. The Hall–Kier alpha value is -2.81. The van der Waals surface area contributed by atoms with Crippen LogP contribution in [0.5, 0.6) is 0 Å². The minimum absolute atomic E-state index is 0.150. The Labute approximate surface area is 144 Å². The zero-order chi connectivity index (χ0) is 17.6. The van der Waals surface area contributed by atoms with Gasteiger partial charge in [0.05, 0.1) is 31.8 Å². The highest BCUT2D eigenvalue weighted by Crippen LogP contribution is 2.07. The maximum Gasteiger partial charge on any atom is 0.317 e. The van der Waals surface area contributed by atoms with Gasteiger partial charge >= 0.3 is 6.03 Å². The molecule has 9 nitrogen and oxygen atoms in total. The van der Waals surface area contributed by atoms with Crippen molar-refractivity contribution in [2.24, 2.45) is 7.05 Å². The molecule has 1 fully saturated rings. The fraction of sp³-hybridized carbons (Fsp3) is 0.438. The quantitative estimate of drug-likeness (QED) is 0.812. The number of furan rings is 1. The molecule has 0 spiro atoms. The molecule has 1 aliphatic heterocycles. The normalized spacial score (nSPS) is 17.3. The van der Waals surface area contributed by atoms with Crippen molar-refractivity contribution in [3.05, 3.63) is 46.9 Å². The molecule has 3 heterocycles. The maximum atomic E-state index is 12.3. The Morgan fingerprint density at radius 2 is 2.36 bits per heavy atom. The summed E-state index contributed by atoms with van der Waals surface area (Å²) in [5.74, 6) is 0.273. The Kier molecular flexibility index (Phi) is 5.34. The van der Waals surface area contributed by atoms with Crippen molar-refractivity contribution in [3.63, 3.8) is 0 Å². The van der Waals surface area contributed by atoms with E-state index in [9.17, 15) is 9.59 Å². The maximum absolute atomic E-state index is 12.3. The summed E-state index contributed by atoms with van der Waals surface area (Å²) in [6, 6.07) is 1.66. The van der Waals surface area contributed by atoms with Crippen molar-refractivity contribution in [1.29, 1.82) is 0 Å². The lowest BCUT2D eigenvalue weighted by molar-refractivity contribution is -0.00657. The predicted molar refractivity (Wildman–Crippen MR) is 90.2 cm³/mol. The number of nitrogens with zero attached hydrogens (tertiary/aromatic N) is 3. The highest BCUT2D eigenvalue weighted by molar-refractivity contribution is 5.74. The SMILES string of the molecule is Cn1ccnc(NCC2CN(C(=O)NCc3ccoc3)CCO2)c1=O. The minimum Gasteiger partial charge on any atom is -0.472 e. The van der Waals surface area contributed by atoms with Crippen molar-refractivity contribution in [2.75, 3.05) is 31.6 Å². The number of carbonyl (C=O) groups is 1. The summed E-state index contributed by atoms with van der Waals surface area (Å²) >= 11 is 0. The molecule has 1 atom stereocenters. The van der Waals surface area contributed by atoms with Crippen LogP contribution in [0.15, 0.2) is 40.2 Å². The Bertz CT molecular complexity index is 758. The van der Waals surface area contributed by atoms with Gasteiger partial charge < -0.3 is 29.3 Å². The highest BCUT2D eigenvalue weighted by Gasteiger charge is 2.24. The average molecular weight is 347 g/mol. The number of urea groups is 1. The van der Waals surface area contributed by atoms with Crippen LogP contribution in [0.1, 0.15) is 5.56 Å². The topological polar surface area (TPSA) is 102 Å². The Balaban J connectivity index is 1.49. The van der Waals surface area contributed by atoms with Crippen LogP contribution in [0.3, 0.4) is 0 Å². The summed E-state index contributed by atoms with van der Waals surface area (Å²) in [5, 5.41) is 5.85.